The number of rotatable bonds is 4. The van der Waals surface area contributed by atoms with Crippen LogP contribution < -0.4 is 5.32 Å². The highest BCUT2D eigenvalue weighted by molar-refractivity contribution is 7.07. The summed E-state index contributed by atoms with van der Waals surface area (Å²) in [6, 6.07) is 2.74. The smallest absolute Gasteiger partial charge is 0.0325 e. The highest BCUT2D eigenvalue weighted by Crippen LogP contribution is 2.27. The lowest BCUT2D eigenvalue weighted by atomic mass is 9.87. The molecule has 0 radical (unpaired) electrons. The van der Waals surface area contributed by atoms with Crippen LogP contribution in [0.25, 0.3) is 0 Å². The average molecular weight is 211 g/mol. The number of nitrogens with one attached hydrogen (secondary N) is 1. The molecule has 1 N–H and O–H groups in total. The van der Waals surface area contributed by atoms with Gasteiger partial charge < -0.3 is 5.32 Å². The first-order chi connectivity index (χ1) is 6.53. The molecular weight excluding hydrogens is 190 g/mol. The summed E-state index contributed by atoms with van der Waals surface area (Å²) in [4.78, 5) is 0. The number of thiophene rings is 1. The molecule has 0 amide bonds. The molecule has 1 aromatic heterocycles. The van der Waals surface area contributed by atoms with E-state index in [1.807, 2.05) is 7.05 Å². The highest BCUT2D eigenvalue weighted by atomic mass is 32.1. The lowest BCUT2D eigenvalue weighted by molar-refractivity contribution is 0.338. The summed E-state index contributed by atoms with van der Waals surface area (Å²) >= 11 is 1.78. The van der Waals surface area contributed by atoms with Crippen LogP contribution in [0.15, 0.2) is 16.8 Å². The molecule has 2 heteroatoms. The van der Waals surface area contributed by atoms with Crippen molar-refractivity contribution in [2.75, 3.05) is 7.05 Å². The van der Waals surface area contributed by atoms with Gasteiger partial charge in [0.05, 0.1) is 0 Å². The summed E-state index contributed by atoms with van der Waals surface area (Å²) in [6.45, 7) is 6.90. The van der Waals surface area contributed by atoms with E-state index in [-0.39, 0.29) is 0 Å². The van der Waals surface area contributed by atoms with E-state index in [9.17, 15) is 0 Å². The molecular formula is C12H21NS. The maximum atomic E-state index is 3.38. The SMILES string of the molecule is CNC(CCC(C)(C)C)c1ccsc1. The molecule has 0 aliphatic heterocycles. The Hall–Kier alpha value is -0.340. The van der Waals surface area contributed by atoms with E-state index in [0.29, 0.717) is 11.5 Å². The summed E-state index contributed by atoms with van der Waals surface area (Å²) < 4.78 is 0. The van der Waals surface area contributed by atoms with E-state index in [1.54, 1.807) is 11.3 Å². The summed E-state index contributed by atoms with van der Waals surface area (Å²) in [5, 5.41) is 7.77. The second kappa shape index (κ2) is 4.94. The second-order valence-corrected chi connectivity index (χ2v) is 5.78. The molecule has 0 bridgehead atoms. The Morgan fingerprint density at radius 1 is 1.43 bits per heavy atom. The Labute approximate surface area is 91.5 Å². The van der Waals surface area contributed by atoms with Gasteiger partial charge in [0.1, 0.15) is 0 Å². The molecule has 1 rings (SSSR count). The van der Waals surface area contributed by atoms with Crippen LogP contribution in [0.2, 0.25) is 0 Å². The molecule has 1 heterocycles. The first-order valence-electron chi connectivity index (χ1n) is 5.22. The van der Waals surface area contributed by atoms with Crippen LogP contribution in [0.4, 0.5) is 0 Å². The quantitative estimate of drug-likeness (QED) is 0.798. The molecule has 0 aromatic carbocycles. The Balaban J connectivity index is 2.49. The molecule has 0 saturated heterocycles. The molecule has 14 heavy (non-hydrogen) atoms. The fraction of sp³-hybridized carbons (Fsp3) is 0.667. The van der Waals surface area contributed by atoms with Gasteiger partial charge in [0.25, 0.3) is 0 Å². The van der Waals surface area contributed by atoms with Crippen molar-refractivity contribution in [3.63, 3.8) is 0 Å². The van der Waals surface area contributed by atoms with E-state index < -0.39 is 0 Å². The van der Waals surface area contributed by atoms with Gasteiger partial charge in [-0.3, -0.25) is 0 Å². The van der Waals surface area contributed by atoms with Gasteiger partial charge in [-0.15, -0.1) is 0 Å². The fourth-order valence-corrected chi connectivity index (χ4v) is 2.24. The van der Waals surface area contributed by atoms with Crippen LogP contribution in [0.1, 0.15) is 45.2 Å². The van der Waals surface area contributed by atoms with Gasteiger partial charge in [-0.25, -0.2) is 0 Å². The van der Waals surface area contributed by atoms with Crippen molar-refractivity contribution in [1.29, 1.82) is 0 Å². The molecule has 0 aliphatic carbocycles. The summed E-state index contributed by atoms with van der Waals surface area (Å²) in [6.07, 6.45) is 2.48. The van der Waals surface area contributed by atoms with Crippen LogP contribution in [-0.2, 0) is 0 Å². The van der Waals surface area contributed by atoms with E-state index in [2.05, 4.69) is 42.9 Å². The zero-order valence-corrected chi connectivity index (χ0v) is 10.4. The van der Waals surface area contributed by atoms with Crippen molar-refractivity contribution in [3.05, 3.63) is 22.4 Å². The predicted molar refractivity (Wildman–Crippen MR) is 64.8 cm³/mol. The lowest BCUT2D eigenvalue weighted by Gasteiger charge is -2.22. The van der Waals surface area contributed by atoms with E-state index in [1.165, 1.54) is 18.4 Å². The topological polar surface area (TPSA) is 12.0 Å². The van der Waals surface area contributed by atoms with E-state index >= 15 is 0 Å². The average Bonchev–Trinajstić information content (AvgIpc) is 2.56. The first-order valence-corrected chi connectivity index (χ1v) is 6.16. The van der Waals surface area contributed by atoms with E-state index in [0.717, 1.165) is 0 Å². The predicted octanol–water partition coefficient (Wildman–Crippen LogP) is 3.83. The number of hydrogen-bond acceptors (Lipinski definition) is 2. The maximum absolute atomic E-state index is 3.38. The molecule has 0 saturated carbocycles. The molecule has 0 fully saturated rings. The highest BCUT2D eigenvalue weighted by Gasteiger charge is 2.15. The molecule has 1 nitrogen and oxygen atoms in total. The molecule has 0 spiro atoms. The van der Waals surface area contributed by atoms with Crippen molar-refractivity contribution in [2.24, 2.45) is 5.41 Å². The molecule has 0 aliphatic rings. The normalized spacial score (nSPS) is 14.3. The first kappa shape index (κ1) is 11.7. The molecule has 80 valence electrons. The fourth-order valence-electron chi connectivity index (χ4n) is 1.53. The third-order valence-corrected chi connectivity index (χ3v) is 3.18. The minimum absolute atomic E-state index is 0.436. The molecule has 1 atom stereocenters. The van der Waals surface area contributed by atoms with Gasteiger partial charge in [-0.1, -0.05) is 20.8 Å². The van der Waals surface area contributed by atoms with Gasteiger partial charge in [0.2, 0.25) is 0 Å². The van der Waals surface area contributed by atoms with Gasteiger partial charge >= 0.3 is 0 Å². The Morgan fingerprint density at radius 3 is 2.57 bits per heavy atom. The van der Waals surface area contributed by atoms with Crippen molar-refractivity contribution < 1.29 is 0 Å². The van der Waals surface area contributed by atoms with Crippen LogP contribution in [-0.4, -0.2) is 7.05 Å². The van der Waals surface area contributed by atoms with Crippen LogP contribution >= 0.6 is 11.3 Å². The standard InChI is InChI=1S/C12H21NS/c1-12(2,3)7-5-11(13-4)10-6-8-14-9-10/h6,8-9,11,13H,5,7H2,1-4H3. The maximum Gasteiger partial charge on any atom is 0.0325 e. The van der Waals surface area contributed by atoms with Crippen LogP contribution in [0.5, 0.6) is 0 Å². The van der Waals surface area contributed by atoms with Crippen molar-refractivity contribution >= 4 is 11.3 Å². The summed E-state index contributed by atoms with van der Waals surface area (Å²) in [5.74, 6) is 0. The van der Waals surface area contributed by atoms with Gasteiger partial charge in [-0.2, -0.15) is 11.3 Å². The monoisotopic (exact) mass is 211 g/mol. The van der Waals surface area contributed by atoms with Gasteiger partial charge in [-0.05, 0) is 47.7 Å². The number of hydrogen-bond donors (Lipinski definition) is 1. The summed E-state index contributed by atoms with van der Waals surface area (Å²) in [5.41, 5.74) is 1.87. The Kier molecular flexibility index (Phi) is 4.14. The third kappa shape index (κ3) is 3.81. The molecule has 1 aromatic rings. The van der Waals surface area contributed by atoms with Gasteiger partial charge in [0, 0.05) is 6.04 Å². The minimum Gasteiger partial charge on any atom is -0.313 e. The lowest BCUT2D eigenvalue weighted by Crippen LogP contribution is -2.18. The zero-order valence-electron chi connectivity index (χ0n) is 9.63. The Bertz CT molecular complexity index is 246. The second-order valence-electron chi connectivity index (χ2n) is 5.00. The largest absolute Gasteiger partial charge is 0.313 e. The zero-order chi connectivity index (χ0) is 10.6. The van der Waals surface area contributed by atoms with Crippen LogP contribution in [0, 0.1) is 5.41 Å². The van der Waals surface area contributed by atoms with Gasteiger partial charge in [0.15, 0.2) is 0 Å². The van der Waals surface area contributed by atoms with Crippen molar-refractivity contribution in [2.45, 2.75) is 39.7 Å². The minimum atomic E-state index is 0.436. The molecule has 1 unspecified atom stereocenters. The Morgan fingerprint density at radius 2 is 2.14 bits per heavy atom. The van der Waals surface area contributed by atoms with Crippen molar-refractivity contribution in [1.82, 2.24) is 5.32 Å². The van der Waals surface area contributed by atoms with Crippen molar-refractivity contribution in [3.8, 4) is 0 Å². The summed E-state index contributed by atoms with van der Waals surface area (Å²) in [7, 11) is 2.05. The van der Waals surface area contributed by atoms with E-state index in [4.69, 9.17) is 0 Å². The van der Waals surface area contributed by atoms with Crippen LogP contribution in [0.3, 0.4) is 0 Å². The third-order valence-electron chi connectivity index (χ3n) is 2.48.